The van der Waals surface area contributed by atoms with Gasteiger partial charge in [-0.2, -0.15) is 0 Å². The first kappa shape index (κ1) is 20.1. The normalized spacial score (nSPS) is 11.3. The van der Waals surface area contributed by atoms with Crippen molar-refractivity contribution in [3.05, 3.63) is 44.7 Å². The van der Waals surface area contributed by atoms with Gasteiger partial charge in [0, 0.05) is 5.56 Å². The molecule has 1 aromatic carbocycles. The summed E-state index contributed by atoms with van der Waals surface area (Å²) in [6.07, 6.45) is 1.11. The van der Waals surface area contributed by atoms with Gasteiger partial charge in [-0.25, -0.2) is 4.79 Å². The van der Waals surface area contributed by atoms with Gasteiger partial charge in [0.15, 0.2) is 0 Å². The van der Waals surface area contributed by atoms with Gasteiger partial charge < -0.3 is 30.2 Å². The number of hydrogen-bond donors (Lipinski definition) is 5. The van der Waals surface area contributed by atoms with Gasteiger partial charge in [0.25, 0.3) is 0 Å². The van der Waals surface area contributed by atoms with E-state index in [0.717, 1.165) is 6.21 Å². The number of rotatable bonds is 7. The zero-order valence-corrected chi connectivity index (χ0v) is 15.6. The lowest BCUT2D eigenvalue weighted by atomic mass is 9.92. The number of nitrogens with one attached hydrogen (secondary N) is 1. The number of aromatic nitrogens is 1. The summed E-state index contributed by atoms with van der Waals surface area (Å²) in [5.41, 5.74) is 2.65. The molecule has 0 amide bonds. The number of aliphatic hydroxyl groups excluding tert-OH is 3. The highest BCUT2D eigenvalue weighted by atomic mass is 79.9. The molecule has 140 valence electrons. The standard InChI is InChI=1S/C17H19BrN2O6/c1-2-26-17(24)16-15(18)14(13(20-16)5-19-25)10-4-3-9(6-21)11(7-22)12(10)8-23/h3-5,20-23,25H,2,6-8H2,1H3. The van der Waals surface area contributed by atoms with Gasteiger partial charge in [-0.15, -0.1) is 0 Å². The Morgan fingerprint density at radius 1 is 1.23 bits per heavy atom. The Labute approximate surface area is 157 Å². The number of hydrogen-bond acceptors (Lipinski definition) is 7. The highest BCUT2D eigenvalue weighted by molar-refractivity contribution is 9.10. The van der Waals surface area contributed by atoms with E-state index in [9.17, 15) is 20.1 Å². The molecule has 0 aliphatic heterocycles. The molecule has 0 saturated carbocycles. The van der Waals surface area contributed by atoms with Crippen LogP contribution in [0.4, 0.5) is 0 Å². The van der Waals surface area contributed by atoms with Crippen molar-refractivity contribution in [2.24, 2.45) is 5.16 Å². The molecule has 0 atom stereocenters. The van der Waals surface area contributed by atoms with Crippen LogP contribution in [0.5, 0.6) is 0 Å². The maximum Gasteiger partial charge on any atom is 0.355 e. The van der Waals surface area contributed by atoms with E-state index in [1.165, 1.54) is 0 Å². The maximum absolute atomic E-state index is 12.1. The molecule has 0 spiro atoms. The minimum atomic E-state index is -0.599. The molecule has 2 rings (SSSR count). The summed E-state index contributed by atoms with van der Waals surface area (Å²) in [4.78, 5) is 15.0. The third kappa shape index (κ3) is 3.65. The molecule has 2 aromatic rings. The molecule has 0 aliphatic rings. The Bertz CT molecular complexity index is 831. The second-order valence-corrected chi connectivity index (χ2v) is 6.06. The Balaban J connectivity index is 2.77. The van der Waals surface area contributed by atoms with Crippen molar-refractivity contribution in [3.8, 4) is 11.1 Å². The number of halogens is 1. The average Bonchev–Trinajstić information content (AvgIpc) is 2.96. The summed E-state index contributed by atoms with van der Waals surface area (Å²) in [7, 11) is 0. The number of aliphatic hydroxyl groups is 3. The maximum atomic E-state index is 12.1. The van der Waals surface area contributed by atoms with E-state index in [1.54, 1.807) is 19.1 Å². The Kier molecular flexibility index (Phi) is 6.92. The largest absolute Gasteiger partial charge is 0.461 e. The van der Waals surface area contributed by atoms with Gasteiger partial charge in [0.1, 0.15) is 5.69 Å². The molecular weight excluding hydrogens is 408 g/mol. The van der Waals surface area contributed by atoms with Crippen LogP contribution in [0.2, 0.25) is 0 Å². The predicted molar refractivity (Wildman–Crippen MR) is 97.0 cm³/mol. The molecule has 8 nitrogen and oxygen atoms in total. The number of benzene rings is 1. The number of carbonyl (C=O) groups excluding carboxylic acids is 1. The summed E-state index contributed by atoms with van der Waals surface area (Å²) >= 11 is 3.36. The van der Waals surface area contributed by atoms with E-state index < -0.39 is 12.6 Å². The van der Waals surface area contributed by atoms with Crippen LogP contribution in [0, 0.1) is 0 Å². The van der Waals surface area contributed by atoms with E-state index >= 15 is 0 Å². The molecule has 0 unspecified atom stereocenters. The van der Waals surface area contributed by atoms with E-state index in [2.05, 4.69) is 26.1 Å². The van der Waals surface area contributed by atoms with Gasteiger partial charge >= 0.3 is 5.97 Å². The number of aromatic amines is 1. The summed E-state index contributed by atoms with van der Waals surface area (Å²) < 4.78 is 5.36. The van der Waals surface area contributed by atoms with Crippen molar-refractivity contribution >= 4 is 28.1 Å². The molecule has 0 aliphatic carbocycles. The summed E-state index contributed by atoms with van der Waals surface area (Å²) in [6.45, 7) is 0.787. The van der Waals surface area contributed by atoms with Crippen molar-refractivity contribution in [3.63, 3.8) is 0 Å². The van der Waals surface area contributed by atoms with Crippen LogP contribution >= 0.6 is 15.9 Å². The van der Waals surface area contributed by atoms with Crippen molar-refractivity contribution in [2.45, 2.75) is 26.7 Å². The molecule has 0 radical (unpaired) electrons. The first-order valence-corrected chi connectivity index (χ1v) is 8.55. The van der Waals surface area contributed by atoms with E-state index in [4.69, 9.17) is 9.94 Å². The SMILES string of the molecule is CCOC(=O)c1[nH]c(C=NO)c(-c2ccc(CO)c(CO)c2CO)c1Br. The fourth-order valence-electron chi connectivity index (χ4n) is 2.76. The Morgan fingerprint density at radius 3 is 2.46 bits per heavy atom. The lowest BCUT2D eigenvalue weighted by molar-refractivity contribution is 0.0519. The van der Waals surface area contributed by atoms with E-state index in [-0.39, 0.29) is 25.5 Å². The molecule has 1 heterocycles. The molecule has 26 heavy (non-hydrogen) atoms. The average molecular weight is 427 g/mol. The third-order valence-electron chi connectivity index (χ3n) is 3.92. The first-order valence-electron chi connectivity index (χ1n) is 7.76. The zero-order valence-electron chi connectivity index (χ0n) is 14.0. The number of carbonyl (C=O) groups is 1. The molecule has 0 bridgehead atoms. The van der Waals surface area contributed by atoms with Crippen molar-refractivity contribution < 1.29 is 30.1 Å². The Morgan fingerprint density at radius 2 is 1.92 bits per heavy atom. The Hall–Kier alpha value is -2.20. The zero-order chi connectivity index (χ0) is 19.3. The molecule has 0 fully saturated rings. The van der Waals surface area contributed by atoms with Crippen LogP contribution < -0.4 is 0 Å². The molecular formula is C17H19BrN2O6. The number of nitrogens with zero attached hydrogens (tertiary/aromatic N) is 1. The van der Waals surface area contributed by atoms with Gasteiger partial charge in [0.05, 0.1) is 42.8 Å². The first-order chi connectivity index (χ1) is 12.5. The van der Waals surface area contributed by atoms with Crippen molar-refractivity contribution in [1.29, 1.82) is 0 Å². The molecule has 0 saturated heterocycles. The van der Waals surface area contributed by atoms with Gasteiger partial charge in [-0.3, -0.25) is 0 Å². The number of esters is 1. The van der Waals surface area contributed by atoms with E-state index in [1.807, 2.05) is 0 Å². The highest BCUT2D eigenvalue weighted by Gasteiger charge is 2.25. The van der Waals surface area contributed by atoms with Crippen LogP contribution in [0.3, 0.4) is 0 Å². The minimum Gasteiger partial charge on any atom is -0.461 e. The number of ether oxygens (including phenoxy) is 1. The minimum absolute atomic E-state index is 0.123. The second-order valence-electron chi connectivity index (χ2n) is 5.27. The van der Waals surface area contributed by atoms with Crippen LogP contribution in [0.15, 0.2) is 21.8 Å². The monoisotopic (exact) mass is 426 g/mol. The van der Waals surface area contributed by atoms with Gasteiger partial charge in [-0.1, -0.05) is 17.3 Å². The van der Waals surface area contributed by atoms with Crippen molar-refractivity contribution in [2.75, 3.05) is 6.61 Å². The van der Waals surface area contributed by atoms with Crippen LogP contribution in [-0.2, 0) is 24.6 Å². The van der Waals surface area contributed by atoms with Gasteiger partial charge in [0.2, 0.25) is 0 Å². The quantitative estimate of drug-likeness (QED) is 0.198. The van der Waals surface area contributed by atoms with E-state index in [0.29, 0.717) is 38.0 Å². The summed E-state index contributed by atoms with van der Waals surface area (Å²) in [5, 5.41) is 40.9. The van der Waals surface area contributed by atoms with Crippen LogP contribution in [0.25, 0.3) is 11.1 Å². The summed E-state index contributed by atoms with van der Waals surface area (Å²) in [6, 6.07) is 3.26. The van der Waals surface area contributed by atoms with Crippen LogP contribution in [0.1, 0.15) is 39.8 Å². The number of H-pyrrole nitrogens is 1. The van der Waals surface area contributed by atoms with Gasteiger partial charge in [-0.05, 0) is 45.1 Å². The molecule has 9 heteroatoms. The fraction of sp³-hybridized carbons (Fsp3) is 0.294. The topological polar surface area (TPSA) is 135 Å². The lowest BCUT2D eigenvalue weighted by Gasteiger charge is -2.15. The van der Waals surface area contributed by atoms with Crippen molar-refractivity contribution in [1.82, 2.24) is 4.98 Å². The predicted octanol–water partition coefficient (Wildman–Crippen LogP) is 1.91. The molecule has 5 N–H and O–H groups in total. The summed E-state index contributed by atoms with van der Waals surface area (Å²) in [5.74, 6) is -0.599. The number of oxime groups is 1. The second kappa shape index (κ2) is 8.95. The highest BCUT2D eigenvalue weighted by Crippen LogP contribution is 2.38. The molecule has 1 aromatic heterocycles. The fourth-order valence-corrected chi connectivity index (χ4v) is 3.45. The smallest absolute Gasteiger partial charge is 0.355 e. The lowest BCUT2D eigenvalue weighted by Crippen LogP contribution is -2.06. The third-order valence-corrected chi connectivity index (χ3v) is 4.71. The van der Waals surface area contributed by atoms with Crippen LogP contribution in [-0.4, -0.2) is 44.3 Å².